The fourth-order valence-corrected chi connectivity index (χ4v) is 2.23. The molecule has 1 heterocycles. The van der Waals surface area contributed by atoms with Gasteiger partial charge < -0.3 is 15.2 Å². The third kappa shape index (κ3) is 3.83. The van der Waals surface area contributed by atoms with Crippen molar-refractivity contribution >= 4 is 5.91 Å². The van der Waals surface area contributed by atoms with Crippen LogP contribution in [0.4, 0.5) is 0 Å². The highest BCUT2D eigenvalue weighted by atomic mass is 16.5. The Labute approximate surface area is 119 Å². The monoisotopic (exact) mass is 273 g/mol. The van der Waals surface area contributed by atoms with E-state index < -0.39 is 0 Å². The molecule has 0 aliphatic carbocycles. The molecule has 1 atom stereocenters. The largest absolute Gasteiger partial charge is 0.384 e. The normalized spacial score (nSPS) is 21.1. The number of carbonyl (C=O) groups is 1. The van der Waals surface area contributed by atoms with Crippen LogP contribution in [0.15, 0.2) is 24.3 Å². The Balaban J connectivity index is 1.98. The Morgan fingerprint density at radius 2 is 2.40 bits per heavy atom. The zero-order valence-corrected chi connectivity index (χ0v) is 11.6. The van der Waals surface area contributed by atoms with E-state index in [0.717, 1.165) is 25.0 Å². The molecule has 20 heavy (non-hydrogen) atoms. The number of ether oxygens (including phenoxy) is 1. The fraction of sp³-hybridized carbons (Fsp3) is 0.438. The summed E-state index contributed by atoms with van der Waals surface area (Å²) >= 11 is 0. The Kier molecular flexibility index (Phi) is 4.78. The van der Waals surface area contributed by atoms with Gasteiger partial charge in [0.2, 0.25) is 0 Å². The van der Waals surface area contributed by atoms with Crippen molar-refractivity contribution in [3.63, 3.8) is 0 Å². The van der Waals surface area contributed by atoms with Crippen molar-refractivity contribution in [2.75, 3.05) is 19.8 Å². The lowest BCUT2D eigenvalue weighted by Gasteiger charge is -2.23. The second-order valence-corrected chi connectivity index (χ2v) is 5.13. The third-order valence-electron chi connectivity index (χ3n) is 3.36. The number of hydrogen-bond donors (Lipinski definition) is 2. The summed E-state index contributed by atoms with van der Waals surface area (Å²) in [5.74, 6) is 5.23. The maximum absolute atomic E-state index is 12.1. The molecule has 4 nitrogen and oxygen atoms in total. The van der Waals surface area contributed by atoms with Crippen LogP contribution in [0.2, 0.25) is 0 Å². The van der Waals surface area contributed by atoms with Gasteiger partial charge in [0.05, 0.1) is 5.60 Å². The molecule has 1 aromatic rings. The predicted octanol–water partition coefficient (Wildman–Crippen LogP) is 1.33. The molecule has 4 heteroatoms. The van der Waals surface area contributed by atoms with Gasteiger partial charge in [-0.05, 0) is 38.0 Å². The number of carbonyl (C=O) groups excluding carboxylic acids is 1. The molecule has 1 unspecified atom stereocenters. The highest BCUT2D eigenvalue weighted by Gasteiger charge is 2.30. The van der Waals surface area contributed by atoms with E-state index in [2.05, 4.69) is 17.2 Å². The smallest absolute Gasteiger partial charge is 0.251 e. The van der Waals surface area contributed by atoms with E-state index in [4.69, 9.17) is 9.84 Å². The summed E-state index contributed by atoms with van der Waals surface area (Å²) in [7, 11) is 0. The number of hydrogen-bond acceptors (Lipinski definition) is 3. The van der Waals surface area contributed by atoms with Crippen molar-refractivity contribution in [3.05, 3.63) is 35.4 Å². The van der Waals surface area contributed by atoms with Crippen LogP contribution in [0.5, 0.6) is 0 Å². The molecule has 2 N–H and O–H groups in total. The van der Waals surface area contributed by atoms with E-state index in [1.165, 1.54) is 0 Å². The quantitative estimate of drug-likeness (QED) is 0.817. The summed E-state index contributed by atoms with van der Waals surface area (Å²) in [5.41, 5.74) is 1.04. The molecule has 1 amide bonds. The summed E-state index contributed by atoms with van der Waals surface area (Å²) in [6, 6.07) is 7.05. The summed E-state index contributed by atoms with van der Waals surface area (Å²) in [6.07, 6.45) is 2.01. The van der Waals surface area contributed by atoms with Gasteiger partial charge in [-0.3, -0.25) is 4.79 Å². The average molecular weight is 273 g/mol. The molecule has 0 bridgehead atoms. The summed E-state index contributed by atoms with van der Waals surface area (Å²) < 4.78 is 5.64. The van der Waals surface area contributed by atoms with Crippen molar-refractivity contribution < 1.29 is 14.6 Å². The zero-order valence-electron chi connectivity index (χ0n) is 11.6. The lowest BCUT2D eigenvalue weighted by Crippen LogP contribution is -2.40. The molecule has 1 aliphatic rings. The molecule has 1 saturated heterocycles. The van der Waals surface area contributed by atoms with Gasteiger partial charge >= 0.3 is 0 Å². The Morgan fingerprint density at radius 1 is 1.55 bits per heavy atom. The second-order valence-electron chi connectivity index (χ2n) is 5.13. The van der Waals surface area contributed by atoms with Crippen LogP contribution in [-0.4, -0.2) is 36.4 Å². The third-order valence-corrected chi connectivity index (χ3v) is 3.36. The van der Waals surface area contributed by atoms with Gasteiger partial charge in [-0.25, -0.2) is 0 Å². The minimum absolute atomic E-state index is 0.130. The van der Waals surface area contributed by atoms with E-state index in [0.29, 0.717) is 12.1 Å². The minimum atomic E-state index is -0.246. The van der Waals surface area contributed by atoms with Crippen LogP contribution in [0.3, 0.4) is 0 Å². The van der Waals surface area contributed by atoms with Gasteiger partial charge in [0.25, 0.3) is 5.91 Å². The van der Waals surface area contributed by atoms with Crippen molar-refractivity contribution in [1.82, 2.24) is 5.32 Å². The molecule has 0 spiro atoms. The van der Waals surface area contributed by atoms with Gasteiger partial charge in [-0.1, -0.05) is 17.9 Å². The van der Waals surface area contributed by atoms with Crippen LogP contribution >= 0.6 is 0 Å². The molecular formula is C16H19NO3. The lowest BCUT2D eigenvalue weighted by molar-refractivity contribution is 0.0206. The highest BCUT2D eigenvalue weighted by Crippen LogP contribution is 2.23. The first-order chi connectivity index (χ1) is 9.63. The Hall–Kier alpha value is -1.83. The van der Waals surface area contributed by atoms with E-state index in [1.54, 1.807) is 24.3 Å². The number of rotatable bonds is 3. The lowest BCUT2D eigenvalue weighted by atomic mass is 10.0. The second kappa shape index (κ2) is 6.56. The van der Waals surface area contributed by atoms with Crippen molar-refractivity contribution in [2.24, 2.45) is 0 Å². The number of nitrogens with one attached hydrogen (secondary N) is 1. The number of amides is 1. The summed E-state index contributed by atoms with van der Waals surface area (Å²) in [5, 5.41) is 11.6. The van der Waals surface area contributed by atoms with E-state index >= 15 is 0 Å². The first-order valence-corrected chi connectivity index (χ1v) is 6.75. The zero-order chi connectivity index (χ0) is 14.4. The average Bonchev–Trinajstić information content (AvgIpc) is 2.90. The fourth-order valence-electron chi connectivity index (χ4n) is 2.23. The molecule has 1 fully saturated rings. The molecule has 2 rings (SSSR count). The van der Waals surface area contributed by atoms with Gasteiger partial charge in [-0.15, -0.1) is 0 Å². The molecule has 1 aliphatic heterocycles. The van der Waals surface area contributed by atoms with Crippen LogP contribution < -0.4 is 5.32 Å². The summed E-state index contributed by atoms with van der Waals surface area (Å²) in [6.45, 7) is 3.10. The van der Waals surface area contributed by atoms with Crippen molar-refractivity contribution in [2.45, 2.75) is 25.4 Å². The molecule has 1 aromatic carbocycles. The molecule has 106 valence electrons. The van der Waals surface area contributed by atoms with Gasteiger partial charge in [0, 0.05) is 24.3 Å². The van der Waals surface area contributed by atoms with Crippen LogP contribution in [0, 0.1) is 11.8 Å². The first-order valence-electron chi connectivity index (χ1n) is 6.75. The molecule has 0 saturated carbocycles. The van der Waals surface area contributed by atoms with Crippen LogP contribution in [-0.2, 0) is 4.74 Å². The highest BCUT2D eigenvalue weighted by molar-refractivity contribution is 5.94. The number of benzene rings is 1. The first kappa shape index (κ1) is 14.6. The number of aliphatic hydroxyl groups excluding tert-OH is 1. The van der Waals surface area contributed by atoms with Crippen LogP contribution in [0.25, 0.3) is 0 Å². The van der Waals surface area contributed by atoms with Gasteiger partial charge in [-0.2, -0.15) is 0 Å². The van der Waals surface area contributed by atoms with Crippen molar-refractivity contribution in [3.8, 4) is 11.8 Å². The molecule has 0 aromatic heterocycles. The molecular weight excluding hydrogens is 254 g/mol. The van der Waals surface area contributed by atoms with Crippen molar-refractivity contribution in [1.29, 1.82) is 0 Å². The maximum Gasteiger partial charge on any atom is 0.251 e. The standard InChI is InChI=1S/C16H19NO3/c1-16(8-4-10-20-16)12-17-15(19)14-7-2-5-13(11-14)6-3-9-18/h2,5,7,11,18H,4,8-10,12H2,1H3,(H,17,19). The summed E-state index contributed by atoms with van der Waals surface area (Å²) in [4.78, 5) is 12.1. The topological polar surface area (TPSA) is 58.6 Å². The van der Waals surface area contributed by atoms with E-state index in [-0.39, 0.29) is 18.1 Å². The number of aliphatic hydroxyl groups is 1. The molecule has 0 radical (unpaired) electrons. The minimum Gasteiger partial charge on any atom is -0.384 e. The SMILES string of the molecule is CC1(CNC(=O)c2cccc(C#CCO)c2)CCCO1. The van der Waals surface area contributed by atoms with Gasteiger partial charge in [0.15, 0.2) is 0 Å². The maximum atomic E-state index is 12.1. The predicted molar refractivity (Wildman–Crippen MR) is 76.3 cm³/mol. The Morgan fingerprint density at radius 3 is 3.10 bits per heavy atom. The Bertz CT molecular complexity index is 536. The van der Waals surface area contributed by atoms with E-state index in [1.807, 2.05) is 6.92 Å². The van der Waals surface area contributed by atoms with E-state index in [9.17, 15) is 4.79 Å². The van der Waals surface area contributed by atoms with Gasteiger partial charge in [0.1, 0.15) is 6.61 Å². The van der Waals surface area contributed by atoms with Crippen LogP contribution in [0.1, 0.15) is 35.7 Å².